The number of hydrogen-bond donors (Lipinski definition) is 2. The molecule has 0 aliphatic rings. The van der Waals surface area contributed by atoms with Crippen molar-refractivity contribution in [1.29, 1.82) is 0 Å². The zero-order chi connectivity index (χ0) is 17.1. The first kappa shape index (κ1) is 22.8. The molecule has 8 heteroatoms. The van der Waals surface area contributed by atoms with E-state index in [0.717, 1.165) is 18.6 Å². The number of hydrogen-bond acceptors (Lipinski definition) is 2. The van der Waals surface area contributed by atoms with Crippen molar-refractivity contribution in [2.45, 2.75) is 32.4 Å². The summed E-state index contributed by atoms with van der Waals surface area (Å²) in [6.45, 7) is 2.86. The fourth-order valence-electron chi connectivity index (χ4n) is 1.93. The lowest BCUT2D eigenvalue weighted by molar-refractivity contribution is -0.132. The third kappa shape index (κ3) is 10.6. The average molecular weight is 459 g/mol. The van der Waals surface area contributed by atoms with Gasteiger partial charge in [-0.2, -0.15) is 13.2 Å². The molecule has 4 nitrogen and oxygen atoms in total. The monoisotopic (exact) mass is 459 g/mol. The first-order chi connectivity index (χ1) is 10.9. The topological polar surface area (TPSA) is 45.7 Å². The number of rotatable bonds is 8. The van der Waals surface area contributed by atoms with Gasteiger partial charge in [0.2, 0.25) is 0 Å². The third-order valence-corrected chi connectivity index (χ3v) is 3.10. The molecule has 0 aliphatic carbocycles. The van der Waals surface area contributed by atoms with Gasteiger partial charge >= 0.3 is 6.18 Å². The minimum atomic E-state index is -4.15. The first-order valence-electron chi connectivity index (χ1n) is 7.66. The van der Waals surface area contributed by atoms with E-state index in [-0.39, 0.29) is 30.5 Å². The molecule has 0 bridgehead atoms. The Bertz CT molecular complexity index is 478. The van der Waals surface area contributed by atoms with Gasteiger partial charge in [-0.05, 0) is 37.5 Å². The number of nitrogens with one attached hydrogen (secondary N) is 2. The van der Waals surface area contributed by atoms with E-state index in [1.54, 1.807) is 7.11 Å². The minimum Gasteiger partial charge on any atom is -0.497 e. The summed E-state index contributed by atoms with van der Waals surface area (Å²) in [6.07, 6.45) is -3.35. The van der Waals surface area contributed by atoms with Crippen molar-refractivity contribution in [3.8, 4) is 5.75 Å². The summed E-state index contributed by atoms with van der Waals surface area (Å²) >= 11 is 0. The van der Waals surface area contributed by atoms with Crippen LogP contribution < -0.4 is 15.4 Å². The predicted octanol–water partition coefficient (Wildman–Crippen LogP) is 3.75. The number of benzene rings is 1. The molecule has 1 rings (SSSR count). The highest BCUT2D eigenvalue weighted by atomic mass is 127. The lowest BCUT2D eigenvalue weighted by Crippen LogP contribution is -2.39. The Kier molecular flexibility index (Phi) is 11.6. The Morgan fingerprint density at radius 1 is 1.17 bits per heavy atom. The van der Waals surface area contributed by atoms with Gasteiger partial charge in [0, 0.05) is 19.6 Å². The molecule has 1 aromatic carbocycles. The van der Waals surface area contributed by atoms with Crippen LogP contribution in [0.3, 0.4) is 0 Å². The molecule has 0 radical (unpaired) electrons. The molecule has 0 aliphatic heterocycles. The molecule has 0 saturated heterocycles. The maximum atomic E-state index is 12.1. The fraction of sp³-hybridized carbons (Fsp3) is 0.562. The zero-order valence-corrected chi connectivity index (χ0v) is 16.3. The first-order valence-corrected chi connectivity index (χ1v) is 7.66. The number of methoxy groups -OCH3 is 1. The van der Waals surface area contributed by atoms with Crippen molar-refractivity contribution in [3.05, 3.63) is 29.8 Å². The van der Waals surface area contributed by atoms with Gasteiger partial charge in [-0.3, -0.25) is 4.99 Å². The van der Waals surface area contributed by atoms with Crippen LogP contribution in [-0.4, -0.2) is 38.9 Å². The number of halogens is 4. The molecule has 0 atom stereocenters. The Balaban J connectivity index is 0.00000529. The SMILES string of the molecule is CCNC(=NCCCc1ccc(OC)cc1)NCCC(F)(F)F.I. The second kappa shape index (κ2) is 12.2. The predicted molar refractivity (Wildman–Crippen MR) is 101 cm³/mol. The van der Waals surface area contributed by atoms with Gasteiger partial charge in [-0.1, -0.05) is 12.1 Å². The minimum absolute atomic E-state index is 0. The average Bonchev–Trinajstić information content (AvgIpc) is 2.51. The van der Waals surface area contributed by atoms with Crippen LogP contribution in [0.25, 0.3) is 0 Å². The number of aryl methyl sites for hydroxylation is 1. The molecule has 0 unspecified atom stereocenters. The van der Waals surface area contributed by atoms with E-state index >= 15 is 0 Å². The van der Waals surface area contributed by atoms with Crippen molar-refractivity contribution in [3.63, 3.8) is 0 Å². The van der Waals surface area contributed by atoms with Crippen molar-refractivity contribution < 1.29 is 17.9 Å². The van der Waals surface area contributed by atoms with Crippen molar-refractivity contribution in [2.75, 3.05) is 26.7 Å². The highest BCUT2D eigenvalue weighted by Gasteiger charge is 2.26. The third-order valence-electron chi connectivity index (χ3n) is 3.10. The molecule has 24 heavy (non-hydrogen) atoms. The normalized spacial score (nSPS) is 11.6. The van der Waals surface area contributed by atoms with Crippen LogP contribution in [0.15, 0.2) is 29.3 Å². The Morgan fingerprint density at radius 3 is 2.38 bits per heavy atom. The van der Waals surface area contributed by atoms with Gasteiger partial charge in [0.1, 0.15) is 5.75 Å². The number of aliphatic imine (C=N–C) groups is 1. The van der Waals surface area contributed by atoms with Crippen LogP contribution in [0.5, 0.6) is 5.75 Å². The second-order valence-electron chi connectivity index (χ2n) is 5.00. The summed E-state index contributed by atoms with van der Waals surface area (Å²) in [4.78, 5) is 4.28. The lowest BCUT2D eigenvalue weighted by Gasteiger charge is -2.12. The summed E-state index contributed by atoms with van der Waals surface area (Å²) < 4.78 is 41.5. The van der Waals surface area contributed by atoms with Gasteiger partial charge in [-0.25, -0.2) is 0 Å². The summed E-state index contributed by atoms with van der Waals surface area (Å²) in [5, 5.41) is 5.63. The van der Waals surface area contributed by atoms with E-state index < -0.39 is 12.6 Å². The molecule has 0 heterocycles. The van der Waals surface area contributed by atoms with Crippen LogP contribution in [0.1, 0.15) is 25.3 Å². The molecule has 2 N–H and O–H groups in total. The van der Waals surface area contributed by atoms with E-state index in [1.807, 2.05) is 31.2 Å². The maximum absolute atomic E-state index is 12.1. The summed E-state index contributed by atoms with van der Waals surface area (Å²) in [5.41, 5.74) is 1.18. The van der Waals surface area contributed by atoms with Gasteiger partial charge in [0.25, 0.3) is 0 Å². The Morgan fingerprint density at radius 2 is 1.83 bits per heavy atom. The smallest absolute Gasteiger partial charge is 0.390 e. The van der Waals surface area contributed by atoms with Crippen molar-refractivity contribution in [1.82, 2.24) is 10.6 Å². The zero-order valence-electron chi connectivity index (χ0n) is 13.9. The molecule has 0 aromatic heterocycles. The Hall–Kier alpha value is -1.19. The molecule has 0 fully saturated rings. The highest BCUT2D eigenvalue weighted by molar-refractivity contribution is 14.0. The fourth-order valence-corrected chi connectivity index (χ4v) is 1.93. The van der Waals surface area contributed by atoms with E-state index in [0.29, 0.717) is 19.0 Å². The van der Waals surface area contributed by atoms with Crippen LogP contribution in [-0.2, 0) is 6.42 Å². The van der Waals surface area contributed by atoms with Crippen LogP contribution in [0.4, 0.5) is 13.2 Å². The number of guanidine groups is 1. The lowest BCUT2D eigenvalue weighted by atomic mass is 10.1. The number of alkyl halides is 3. The highest BCUT2D eigenvalue weighted by Crippen LogP contribution is 2.18. The van der Waals surface area contributed by atoms with E-state index in [4.69, 9.17) is 4.74 Å². The van der Waals surface area contributed by atoms with Crippen LogP contribution in [0, 0.1) is 0 Å². The second-order valence-corrected chi connectivity index (χ2v) is 5.00. The van der Waals surface area contributed by atoms with E-state index in [9.17, 15) is 13.2 Å². The molecule has 0 saturated carbocycles. The van der Waals surface area contributed by atoms with Crippen molar-refractivity contribution in [2.24, 2.45) is 4.99 Å². The van der Waals surface area contributed by atoms with Crippen LogP contribution >= 0.6 is 24.0 Å². The summed E-state index contributed by atoms with van der Waals surface area (Å²) in [6, 6.07) is 7.80. The molecular weight excluding hydrogens is 434 g/mol. The van der Waals surface area contributed by atoms with Crippen molar-refractivity contribution >= 4 is 29.9 Å². The summed E-state index contributed by atoms with van der Waals surface area (Å²) in [5.74, 6) is 1.24. The van der Waals surface area contributed by atoms with Gasteiger partial charge in [0.15, 0.2) is 5.96 Å². The molecule has 138 valence electrons. The van der Waals surface area contributed by atoms with E-state index in [2.05, 4.69) is 15.6 Å². The van der Waals surface area contributed by atoms with Gasteiger partial charge in [-0.15, -0.1) is 24.0 Å². The molecular formula is C16H25F3IN3O. The van der Waals surface area contributed by atoms with E-state index in [1.165, 1.54) is 5.56 Å². The molecule has 0 spiro atoms. The maximum Gasteiger partial charge on any atom is 0.390 e. The summed E-state index contributed by atoms with van der Waals surface area (Å²) in [7, 11) is 1.62. The van der Waals surface area contributed by atoms with Gasteiger partial charge < -0.3 is 15.4 Å². The quantitative estimate of drug-likeness (QED) is 0.270. The number of ether oxygens (including phenoxy) is 1. The van der Waals surface area contributed by atoms with Gasteiger partial charge in [0.05, 0.1) is 13.5 Å². The van der Waals surface area contributed by atoms with Crippen LogP contribution in [0.2, 0.25) is 0 Å². The molecule has 0 amide bonds. The Labute approximate surface area is 158 Å². The largest absolute Gasteiger partial charge is 0.497 e. The standard InChI is InChI=1S/C16H24F3N3O.HI/c1-3-20-15(22-12-10-16(17,18)19)21-11-4-5-13-6-8-14(23-2)9-7-13;/h6-9H,3-5,10-12H2,1-2H3,(H2,20,21,22);1H. The molecule has 1 aromatic rings. The number of nitrogens with zero attached hydrogens (tertiary/aromatic N) is 1.